The Kier molecular flexibility index (Phi) is 4.20. The Morgan fingerprint density at radius 1 is 1.24 bits per heavy atom. The molecule has 0 unspecified atom stereocenters. The zero-order valence-corrected chi connectivity index (χ0v) is 12.5. The number of rotatable bonds is 3. The molecule has 1 amide bonds. The summed E-state index contributed by atoms with van der Waals surface area (Å²) in [6.07, 6.45) is 3.16. The summed E-state index contributed by atoms with van der Waals surface area (Å²) in [5, 5.41) is 0.659. The number of hydrogen-bond donors (Lipinski definition) is 0. The Balaban J connectivity index is 1.64. The molecular weight excluding hydrogens is 284 g/mol. The van der Waals surface area contributed by atoms with Gasteiger partial charge in [-0.1, -0.05) is 35.9 Å². The van der Waals surface area contributed by atoms with Crippen molar-refractivity contribution in [3.8, 4) is 0 Å². The Hall–Kier alpha value is -1.87. The van der Waals surface area contributed by atoms with Crippen molar-refractivity contribution in [1.82, 2.24) is 9.88 Å². The molecular formula is C17H17ClN2O. The third-order valence-corrected chi connectivity index (χ3v) is 4.32. The molecule has 0 radical (unpaired) electrons. The average Bonchev–Trinajstić information content (AvgIpc) is 3.00. The third-order valence-electron chi connectivity index (χ3n) is 3.95. The van der Waals surface area contributed by atoms with Gasteiger partial charge in [-0.15, -0.1) is 0 Å². The normalized spacial score (nSPS) is 18.0. The smallest absolute Gasteiger partial charge is 0.227 e. The molecule has 1 aromatic carbocycles. The lowest BCUT2D eigenvalue weighted by molar-refractivity contribution is -0.129. The topological polar surface area (TPSA) is 33.2 Å². The van der Waals surface area contributed by atoms with Crippen molar-refractivity contribution >= 4 is 17.5 Å². The maximum Gasteiger partial charge on any atom is 0.227 e. The number of pyridine rings is 1. The fourth-order valence-electron chi connectivity index (χ4n) is 2.76. The zero-order valence-electron chi connectivity index (χ0n) is 11.7. The van der Waals surface area contributed by atoms with E-state index in [2.05, 4.69) is 4.98 Å². The van der Waals surface area contributed by atoms with Gasteiger partial charge in [0, 0.05) is 35.9 Å². The highest BCUT2D eigenvalue weighted by Gasteiger charge is 2.28. The number of carbonyl (C=O) groups excluding carboxylic acids is 1. The second-order valence-electron chi connectivity index (χ2n) is 5.35. The maximum absolute atomic E-state index is 12.4. The van der Waals surface area contributed by atoms with Gasteiger partial charge in [0.05, 0.1) is 6.42 Å². The van der Waals surface area contributed by atoms with Crippen LogP contribution in [-0.2, 0) is 11.2 Å². The van der Waals surface area contributed by atoms with Crippen molar-refractivity contribution in [3.05, 3.63) is 64.9 Å². The van der Waals surface area contributed by atoms with Crippen molar-refractivity contribution < 1.29 is 4.79 Å². The number of halogens is 1. The molecule has 4 heteroatoms. The number of benzene rings is 1. The number of hydrogen-bond acceptors (Lipinski definition) is 2. The molecule has 108 valence electrons. The predicted octanol–water partition coefficient (Wildman–Crippen LogP) is 3.29. The molecule has 21 heavy (non-hydrogen) atoms. The van der Waals surface area contributed by atoms with Gasteiger partial charge in [0.25, 0.3) is 0 Å². The average molecular weight is 301 g/mol. The molecule has 1 aliphatic heterocycles. The van der Waals surface area contributed by atoms with Crippen LogP contribution in [0.4, 0.5) is 0 Å². The molecule has 3 nitrogen and oxygen atoms in total. The summed E-state index contributed by atoms with van der Waals surface area (Å²) < 4.78 is 0. The molecule has 0 aliphatic carbocycles. The minimum Gasteiger partial charge on any atom is -0.342 e. The van der Waals surface area contributed by atoms with Gasteiger partial charge < -0.3 is 4.90 Å². The molecule has 0 N–H and O–H groups in total. The molecule has 0 saturated carbocycles. The van der Waals surface area contributed by atoms with Gasteiger partial charge in [-0.3, -0.25) is 9.78 Å². The summed E-state index contributed by atoms with van der Waals surface area (Å²) in [7, 11) is 0. The van der Waals surface area contributed by atoms with Gasteiger partial charge in [-0.2, -0.15) is 0 Å². The first kappa shape index (κ1) is 14.1. The SMILES string of the molecule is O=C(Cc1ccccc1Cl)N1CC[C@@H](c2ccccn2)C1. The highest BCUT2D eigenvalue weighted by atomic mass is 35.5. The molecule has 1 saturated heterocycles. The van der Waals surface area contributed by atoms with Gasteiger partial charge in [-0.05, 0) is 30.2 Å². The minimum absolute atomic E-state index is 0.140. The van der Waals surface area contributed by atoms with E-state index in [4.69, 9.17) is 11.6 Å². The van der Waals surface area contributed by atoms with Crippen LogP contribution < -0.4 is 0 Å². The summed E-state index contributed by atoms with van der Waals surface area (Å²) in [5.41, 5.74) is 1.97. The number of nitrogens with zero attached hydrogens (tertiary/aromatic N) is 2. The van der Waals surface area contributed by atoms with Gasteiger partial charge in [0.1, 0.15) is 0 Å². The van der Waals surface area contributed by atoms with E-state index in [0.717, 1.165) is 30.8 Å². The van der Waals surface area contributed by atoms with Crippen LogP contribution in [-0.4, -0.2) is 28.9 Å². The van der Waals surface area contributed by atoms with Crippen molar-refractivity contribution in [1.29, 1.82) is 0 Å². The molecule has 0 spiro atoms. The van der Waals surface area contributed by atoms with E-state index in [1.807, 2.05) is 53.6 Å². The van der Waals surface area contributed by atoms with Crippen molar-refractivity contribution in [3.63, 3.8) is 0 Å². The van der Waals surface area contributed by atoms with Crippen molar-refractivity contribution in [2.24, 2.45) is 0 Å². The molecule has 1 aliphatic rings. The molecule has 1 aromatic heterocycles. The Labute approximate surface area is 129 Å². The summed E-state index contributed by atoms with van der Waals surface area (Å²) >= 11 is 6.12. The number of amides is 1. The lowest BCUT2D eigenvalue weighted by Crippen LogP contribution is -2.30. The number of aromatic nitrogens is 1. The lowest BCUT2D eigenvalue weighted by atomic mass is 10.0. The van der Waals surface area contributed by atoms with Crippen LogP contribution in [0.25, 0.3) is 0 Å². The first-order valence-electron chi connectivity index (χ1n) is 7.16. The fourth-order valence-corrected chi connectivity index (χ4v) is 2.96. The summed E-state index contributed by atoms with van der Waals surface area (Å²) in [6.45, 7) is 1.55. The van der Waals surface area contributed by atoms with E-state index < -0.39 is 0 Å². The van der Waals surface area contributed by atoms with Gasteiger partial charge in [0.15, 0.2) is 0 Å². The van der Waals surface area contributed by atoms with Crippen LogP contribution in [0, 0.1) is 0 Å². The van der Waals surface area contributed by atoms with Crippen molar-refractivity contribution in [2.45, 2.75) is 18.8 Å². The maximum atomic E-state index is 12.4. The quantitative estimate of drug-likeness (QED) is 0.871. The minimum atomic E-state index is 0.140. The second-order valence-corrected chi connectivity index (χ2v) is 5.76. The van der Waals surface area contributed by atoms with Crippen LogP contribution in [0.2, 0.25) is 5.02 Å². The zero-order chi connectivity index (χ0) is 14.7. The Bertz CT molecular complexity index is 630. The largest absolute Gasteiger partial charge is 0.342 e. The van der Waals surface area contributed by atoms with Gasteiger partial charge >= 0.3 is 0 Å². The highest BCUT2D eigenvalue weighted by Crippen LogP contribution is 2.26. The third kappa shape index (κ3) is 3.24. The van der Waals surface area contributed by atoms with Crippen LogP contribution in [0.5, 0.6) is 0 Å². The van der Waals surface area contributed by atoms with Crippen LogP contribution >= 0.6 is 11.6 Å². The first-order chi connectivity index (χ1) is 10.2. The molecule has 3 rings (SSSR count). The van der Waals surface area contributed by atoms with Gasteiger partial charge in [0.2, 0.25) is 5.91 Å². The molecule has 1 atom stereocenters. The summed E-state index contributed by atoms with van der Waals surface area (Å²) in [4.78, 5) is 18.7. The van der Waals surface area contributed by atoms with E-state index in [-0.39, 0.29) is 5.91 Å². The standard InChI is InChI=1S/C17H17ClN2O/c18-15-6-2-1-5-13(15)11-17(21)20-10-8-14(12-20)16-7-3-4-9-19-16/h1-7,9,14H,8,10-12H2/t14-/m1/s1. The Morgan fingerprint density at radius 3 is 2.81 bits per heavy atom. The summed E-state index contributed by atoms with van der Waals surface area (Å²) in [5.74, 6) is 0.489. The lowest BCUT2D eigenvalue weighted by Gasteiger charge is -2.17. The molecule has 2 heterocycles. The van der Waals surface area contributed by atoms with E-state index in [1.54, 1.807) is 0 Å². The van der Waals surface area contributed by atoms with Crippen molar-refractivity contribution in [2.75, 3.05) is 13.1 Å². The van der Waals surface area contributed by atoms with Crippen LogP contribution in [0.1, 0.15) is 23.6 Å². The van der Waals surface area contributed by atoms with Crippen LogP contribution in [0.15, 0.2) is 48.7 Å². The second kappa shape index (κ2) is 6.27. The fraction of sp³-hybridized carbons (Fsp3) is 0.294. The Morgan fingerprint density at radius 2 is 2.05 bits per heavy atom. The summed E-state index contributed by atoms with van der Waals surface area (Å²) in [6, 6.07) is 13.5. The van der Waals surface area contributed by atoms with E-state index >= 15 is 0 Å². The predicted molar refractivity (Wildman–Crippen MR) is 83.3 cm³/mol. The van der Waals surface area contributed by atoms with Gasteiger partial charge in [-0.25, -0.2) is 0 Å². The molecule has 1 fully saturated rings. The number of likely N-dealkylation sites (tertiary alicyclic amines) is 1. The van der Waals surface area contributed by atoms with Crippen LogP contribution in [0.3, 0.4) is 0 Å². The molecule has 2 aromatic rings. The van der Waals surface area contributed by atoms with E-state index in [1.165, 1.54) is 0 Å². The molecule has 0 bridgehead atoms. The van der Waals surface area contributed by atoms with E-state index in [0.29, 0.717) is 17.4 Å². The van der Waals surface area contributed by atoms with E-state index in [9.17, 15) is 4.79 Å². The number of carbonyl (C=O) groups is 1. The highest BCUT2D eigenvalue weighted by molar-refractivity contribution is 6.31. The monoisotopic (exact) mass is 300 g/mol. The first-order valence-corrected chi connectivity index (χ1v) is 7.54.